The van der Waals surface area contributed by atoms with E-state index >= 15 is 0 Å². The Morgan fingerprint density at radius 3 is 2.54 bits per heavy atom. The molecule has 3 heterocycles. The molecule has 0 spiro atoms. The molecule has 7 heteroatoms. The SMILES string of the molecule is COc1ncc(-c2cc(C3CC3)c3nc(-c4ccccc4)cn3n2)c(OC)n1. The lowest BCUT2D eigenvalue weighted by Crippen LogP contribution is -2.02. The maximum absolute atomic E-state index is 5.45. The van der Waals surface area contributed by atoms with Crippen molar-refractivity contribution in [1.82, 2.24) is 24.6 Å². The van der Waals surface area contributed by atoms with E-state index in [2.05, 4.69) is 28.2 Å². The van der Waals surface area contributed by atoms with Gasteiger partial charge in [-0.2, -0.15) is 10.1 Å². The Morgan fingerprint density at radius 1 is 1.00 bits per heavy atom. The fourth-order valence-corrected chi connectivity index (χ4v) is 3.36. The summed E-state index contributed by atoms with van der Waals surface area (Å²) in [6, 6.07) is 12.5. The van der Waals surface area contributed by atoms with Gasteiger partial charge in [0.15, 0.2) is 5.65 Å². The highest BCUT2D eigenvalue weighted by Gasteiger charge is 2.28. The predicted molar refractivity (Wildman–Crippen MR) is 105 cm³/mol. The maximum atomic E-state index is 5.45. The number of aromatic nitrogens is 5. The lowest BCUT2D eigenvalue weighted by molar-refractivity contribution is 0.353. The Balaban J connectivity index is 1.69. The quantitative estimate of drug-likeness (QED) is 0.530. The summed E-state index contributed by atoms with van der Waals surface area (Å²) >= 11 is 0. The summed E-state index contributed by atoms with van der Waals surface area (Å²) in [6.07, 6.45) is 5.99. The Morgan fingerprint density at radius 2 is 1.82 bits per heavy atom. The van der Waals surface area contributed by atoms with E-state index in [0.717, 1.165) is 28.2 Å². The number of ether oxygens (including phenoxy) is 2. The first-order valence-electron chi connectivity index (χ1n) is 9.18. The molecule has 0 unspecified atom stereocenters. The number of benzene rings is 1. The summed E-state index contributed by atoms with van der Waals surface area (Å²) in [5.74, 6) is 0.948. The van der Waals surface area contributed by atoms with Crippen molar-refractivity contribution in [3.8, 4) is 34.4 Å². The van der Waals surface area contributed by atoms with Crippen LogP contribution in [0.25, 0.3) is 28.2 Å². The molecule has 1 fully saturated rings. The van der Waals surface area contributed by atoms with Crippen LogP contribution in [0.15, 0.2) is 48.8 Å². The number of imidazole rings is 1. The minimum atomic E-state index is 0.262. The molecule has 3 aromatic heterocycles. The van der Waals surface area contributed by atoms with Crippen LogP contribution in [-0.2, 0) is 0 Å². The topological polar surface area (TPSA) is 74.4 Å². The zero-order chi connectivity index (χ0) is 19.1. The second-order valence-corrected chi connectivity index (χ2v) is 6.80. The highest BCUT2D eigenvalue weighted by atomic mass is 16.5. The minimum absolute atomic E-state index is 0.262. The normalized spacial score (nSPS) is 13.6. The molecule has 1 aromatic carbocycles. The Bertz CT molecular complexity index is 1150. The van der Waals surface area contributed by atoms with Crippen LogP contribution in [0.3, 0.4) is 0 Å². The van der Waals surface area contributed by atoms with Crippen LogP contribution in [0.1, 0.15) is 24.3 Å². The summed E-state index contributed by atoms with van der Waals surface area (Å²) in [5, 5.41) is 4.78. The van der Waals surface area contributed by atoms with Gasteiger partial charge in [0.2, 0.25) is 5.88 Å². The van der Waals surface area contributed by atoms with Crippen molar-refractivity contribution in [2.24, 2.45) is 0 Å². The van der Waals surface area contributed by atoms with Crippen molar-refractivity contribution < 1.29 is 9.47 Å². The van der Waals surface area contributed by atoms with Crippen LogP contribution in [0.5, 0.6) is 11.9 Å². The van der Waals surface area contributed by atoms with Crippen molar-refractivity contribution in [1.29, 1.82) is 0 Å². The number of fused-ring (bicyclic) bond motifs is 1. The molecule has 140 valence electrons. The van der Waals surface area contributed by atoms with E-state index in [1.807, 2.05) is 28.9 Å². The average molecular weight is 373 g/mol. The smallest absolute Gasteiger partial charge is 0.319 e. The molecule has 0 aliphatic heterocycles. The van der Waals surface area contributed by atoms with Crippen molar-refractivity contribution in [2.45, 2.75) is 18.8 Å². The number of rotatable bonds is 5. The minimum Gasteiger partial charge on any atom is -0.480 e. The first-order valence-corrected chi connectivity index (χ1v) is 9.18. The van der Waals surface area contributed by atoms with Gasteiger partial charge in [-0.1, -0.05) is 30.3 Å². The van der Waals surface area contributed by atoms with Gasteiger partial charge >= 0.3 is 6.01 Å². The Kier molecular flexibility index (Phi) is 3.93. The van der Waals surface area contributed by atoms with Gasteiger partial charge in [0.05, 0.1) is 37.4 Å². The average Bonchev–Trinajstić information content (AvgIpc) is 3.51. The lowest BCUT2D eigenvalue weighted by Gasteiger charge is -2.10. The molecule has 0 atom stereocenters. The molecule has 1 saturated carbocycles. The van der Waals surface area contributed by atoms with Gasteiger partial charge in [0.25, 0.3) is 0 Å². The monoisotopic (exact) mass is 373 g/mol. The molecule has 0 radical (unpaired) electrons. The molecule has 1 aliphatic rings. The predicted octanol–water partition coefficient (Wildman–Crippen LogP) is 3.75. The summed E-state index contributed by atoms with van der Waals surface area (Å²) in [6.45, 7) is 0. The fourth-order valence-electron chi connectivity index (χ4n) is 3.36. The second-order valence-electron chi connectivity index (χ2n) is 6.80. The van der Waals surface area contributed by atoms with E-state index in [1.54, 1.807) is 13.3 Å². The van der Waals surface area contributed by atoms with E-state index in [9.17, 15) is 0 Å². The molecule has 4 aromatic rings. The third-order valence-electron chi connectivity index (χ3n) is 4.92. The summed E-state index contributed by atoms with van der Waals surface area (Å²) in [5.41, 5.74) is 5.56. The van der Waals surface area contributed by atoms with E-state index in [-0.39, 0.29) is 6.01 Å². The molecule has 28 heavy (non-hydrogen) atoms. The zero-order valence-corrected chi connectivity index (χ0v) is 15.7. The molecular weight excluding hydrogens is 354 g/mol. The molecule has 0 bridgehead atoms. The van der Waals surface area contributed by atoms with Crippen LogP contribution in [-0.4, -0.2) is 38.8 Å². The first-order chi connectivity index (χ1) is 13.8. The summed E-state index contributed by atoms with van der Waals surface area (Å²) < 4.78 is 12.4. The van der Waals surface area contributed by atoms with Gasteiger partial charge in [-0.05, 0) is 24.8 Å². The summed E-state index contributed by atoms with van der Waals surface area (Å²) in [4.78, 5) is 13.4. The molecule has 5 rings (SSSR count). The number of hydrogen-bond acceptors (Lipinski definition) is 6. The largest absolute Gasteiger partial charge is 0.480 e. The van der Waals surface area contributed by atoms with Gasteiger partial charge in [0, 0.05) is 17.3 Å². The third kappa shape index (κ3) is 2.85. The van der Waals surface area contributed by atoms with Crippen molar-refractivity contribution >= 4 is 5.65 Å². The second kappa shape index (κ2) is 6.60. The molecule has 0 N–H and O–H groups in total. The van der Waals surface area contributed by atoms with E-state index in [1.165, 1.54) is 25.5 Å². The van der Waals surface area contributed by atoms with Gasteiger partial charge in [-0.3, -0.25) is 0 Å². The molecule has 7 nitrogen and oxygen atoms in total. The fraction of sp³-hybridized carbons (Fsp3) is 0.238. The standard InChI is InChI=1S/C21H19N5O2/c1-27-20-16(11-22-21(24-20)28-2)17-10-15(13-8-9-13)19-23-18(12-26(19)25-17)14-6-4-3-5-7-14/h3-7,10-13H,8-9H2,1-2H3. The van der Waals surface area contributed by atoms with Crippen molar-refractivity contribution in [3.63, 3.8) is 0 Å². The van der Waals surface area contributed by atoms with Gasteiger partial charge in [0.1, 0.15) is 0 Å². The Labute approximate surface area is 162 Å². The van der Waals surface area contributed by atoms with Gasteiger partial charge < -0.3 is 9.47 Å². The first kappa shape index (κ1) is 16.7. The maximum Gasteiger partial charge on any atom is 0.319 e. The third-order valence-corrected chi connectivity index (χ3v) is 4.92. The van der Waals surface area contributed by atoms with Crippen LogP contribution in [0.4, 0.5) is 0 Å². The molecule has 0 amide bonds. The van der Waals surface area contributed by atoms with E-state index in [4.69, 9.17) is 19.6 Å². The molecule has 1 aliphatic carbocycles. The highest BCUT2D eigenvalue weighted by Crippen LogP contribution is 2.43. The molecule has 0 saturated heterocycles. The van der Waals surface area contributed by atoms with Crippen LogP contribution >= 0.6 is 0 Å². The van der Waals surface area contributed by atoms with Crippen molar-refractivity contribution in [3.05, 3.63) is 54.4 Å². The zero-order valence-electron chi connectivity index (χ0n) is 15.7. The van der Waals surface area contributed by atoms with Crippen LogP contribution < -0.4 is 9.47 Å². The van der Waals surface area contributed by atoms with Crippen LogP contribution in [0, 0.1) is 0 Å². The summed E-state index contributed by atoms with van der Waals surface area (Å²) in [7, 11) is 3.11. The van der Waals surface area contributed by atoms with Gasteiger partial charge in [-0.25, -0.2) is 14.5 Å². The molecular formula is C21H19N5O2. The van der Waals surface area contributed by atoms with E-state index < -0.39 is 0 Å². The number of nitrogens with zero attached hydrogens (tertiary/aromatic N) is 5. The number of hydrogen-bond donors (Lipinski definition) is 0. The van der Waals surface area contributed by atoms with Gasteiger partial charge in [-0.15, -0.1) is 0 Å². The van der Waals surface area contributed by atoms with E-state index in [0.29, 0.717) is 11.8 Å². The highest BCUT2D eigenvalue weighted by molar-refractivity contribution is 5.70. The van der Waals surface area contributed by atoms with Crippen molar-refractivity contribution in [2.75, 3.05) is 14.2 Å². The lowest BCUT2D eigenvalue weighted by atomic mass is 10.1. The number of methoxy groups -OCH3 is 2. The Hall–Kier alpha value is -3.48. The van der Waals surface area contributed by atoms with Crippen LogP contribution in [0.2, 0.25) is 0 Å².